The first-order valence-electron chi connectivity index (χ1n) is 5.16. The molecule has 0 amide bonds. The Balaban J connectivity index is 3.01. The van der Waals surface area contributed by atoms with Gasteiger partial charge < -0.3 is 20.9 Å². The number of hydrogen-bond acceptors (Lipinski definition) is 3. The van der Waals surface area contributed by atoms with E-state index in [1.165, 1.54) is 0 Å². The highest BCUT2D eigenvalue weighted by Gasteiger charge is 2.05. The van der Waals surface area contributed by atoms with Crippen LogP contribution in [0.1, 0.15) is 13.8 Å². The third-order valence-electron chi connectivity index (χ3n) is 1.79. The molecule has 5 heteroatoms. The van der Waals surface area contributed by atoms with E-state index in [4.69, 9.17) is 20.9 Å². The molecule has 0 aliphatic heterocycles. The van der Waals surface area contributed by atoms with Crippen LogP contribution in [0.5, 0.6) is 11.5 Å². The minimum absolute atomic E-state index is 0.0200. The molecule has 4 N–H and O–H groups in total. The van der Waals surface area contributed by atoms with Crippen LogP contribution in [-0.4, -0.2) is 19.2 Å². The predicted molar refractivity (Wildman–Crippen MR) is 64.2 cm³/mol. The van der Waals surface area contributed by atoms with Crippen molar-refractivity contribution in [2.24, 2.45) is 16.5 Å². The van der Waals surface area contributed by atoms with Crippen molar-refractivity contribution in [3.63, 3.8) is 0 Å². The van der Waals surface area contributed by atoms with Gasteiger partial charge in [0.05, 0.1) is 18.9 Å². The second-order valence-corrected chi connectivity index (χ2v) is 3.03. The van der Waals surface area contributed by atoms with Crippen molar-refractivity contribution in [2.75, 3.05) is 13.2 Å². The zero-order valence-electron chi connectivity index (χ0n) is 9.56. The molecule has 1 aromatic carbocycles. The SMILES string of the molecule is CCOc1ccc(N=C(N)N)cc1OCC. The zero-order valence-corrected chi connectivity index (χ0v) is 9.56. The summed E-state index contributed by atoms with van der Waals surface area (Å²) in [5.74, 6) is 1.36. The van der Waals surface area contributed by atoms with Crippen LogP contribution in [0.3, 0.4) is 0 Å². The molecule has 88 valence electrons. The highest BCUT2D eigenvalue weighted by atomic mass is 16.5. The second kappa shape index (κ2) is 5.85. The fourth-order valence-electron chi connectivity index (χ4n) is 1.26. The largest absolute Gasteiger partial charge is 0.490 e. The van der Waals surface area contributed by atoms with Gasteiger partial charge in [0.15, 0.2) is 17.5 Å². The Morgan fingerprint density at radius 1 is 1.12 bits per heavy atom. The van der Waals surface area contributed by atoms with Crippen LogP contribution >= 0.6 is 0 Å². The number of rotatable bonds is 5. The highest BCUT2D eigenvalue weighted by Crippen LogP contribution is 2.31. The number of benzene rings is 1. The molecular weight excluding hydrogens is 206 g/mol. The number of ether oxygens (including phenoxy) is 2. The van der Waals surface area contributed by atoms with E-state index in [1.807, 2.05) is 13.8 Å². The molecule has 0 saturated heterocycles. The van der Waals surface area contributed by atoms with Gasteiger partial charge in [-0.25, -0.2) is 4.99 Å². The Labute approximate surface area is 95.1 Å². The van der Waals surface area contributed by atoms with E-state index in [9.17, 15) is 0 Å². The van der Waals surface area contributed by atoms with Crippen LogP contribution < -0.4 is 20.9 Å². The number of hydrogen-bond donors (Lipinski definition) is 2. The van der Waals surface area contributed by atoms with Gasteiger partial charge in [-0.3, -0.25) is 0 Å². The molecule has 16 heavy (non-hydrogen) atoms. The average Bonchev–Trinajstić information content (AvgIpc) is 2.21. The molecule has 0 radical (unpaired) electrons. The second-order valence-electron chi connectivity index (χ2n) is 3.03. The molecule has 5 nitrogen and oxygen atoms in total. The Hall–Kier alpha value is -1.91. The molecule has 1 rings (SSSR count). The molecule has 0 spiro atoms. The fraction of sp³-hybridized carbons (Fsp3) is 0.364. The zero-order chi connectivity index (χ0) is 12.0. The molecule has 0 fully saturated rings. The molecular formula is C11H17N3O2. The minimum atomic E-state index is 0.0200. The minimum Gasteiger partial charge on any atom is -0.490 e. The number of nitrogens with zero attached hydrogens (tertiary/aromatic N) is 1. The fourth-order valence-corrected chi connectivity index (χ4v) is 1.26. The van der Waals surface area contributed by atoms with Crippen molar-refractivity contribution in [1.82, 2.24) is 0 Å². The summed E-state index contributed by atoms with van der Waals surface area (Å²) < 4.78 is 10.8. The normalized spacial score (nSPS) is 9.62. The average molecular weight is 223 g/mol. The Morgan fingerprint density at radius 2 is 1.75 bits per heavy atom. The maximum Gasteiger partial charge on any atom is 0.191 e. The van der Waals surface area contributed by atoms with E-state index >= 15 is 0 Å². The lowest BCUT2D eigenvalue weighted by Crippen LogP contribution is -2.21. The molecule has 0 unspecified atom stereocenters. The summed E-state index contributed by atoms with van der Waals surface area (Å²) in [5, 5.41) is 0. The van der Waals surface area contributed by atoms with Gasteiger partial charge >= 0.3 is 0 Å². The summed E-state index contributed by atoms with van der Waals surface area (Å²) in [6, 6.07) is 5.30. The van der Waals surface area contributed by atoms with Crippen molar-refractivity contribution < 1.29 is 9.47 Å². The summed E-state index contributed by atoms with van der Waals surface area (Å²) in [5.41, 5.74) is 11.2. The lowest BCUT2D eigenvalue weighted by atomic mass is 10.3. The lowest BCUT2D eigenvalue weighted by molar-refractivity contribution is 0.288. The first-order chi connectivity index (χ1) is 7.67. The first-order valence-corrected chi connectivity index (χ1v) is 5.16. The summed E-state index contributed by atoms with van der Waals surface area (Å²) in [4.78, 5) is 3.94. The monoisotopic (exact) mass is 223 g/mol. The van der Waals surface area contributed by atoms with E-state index in [2.05, 4.69) is 4.99 Å². The smallest absolute Gasteiger partial charge is 0.191 e. The third kappa shape index (κ3) is 3.34. The molecule has 0 saturated carbocycles. The molecule has 0 bridgehead atoms. The van der Waals surface area contributed by atoms with E-state index in [0.717, 1.165) is 0 Å². The van der Waals surface area contributed by atoms with Gasteiger partial charge in [-0.2, -0.15) is 0 Å². The Bertz CT molecular complexity index is 373. The number of guanidine groups is 1. The topological polar surface area (TPSA) is 82.9 Å². The maximum absolute atomic E-state index is 5.44. The van der Waals surface area contributed by atoms with Crippen molar-refractivity contribution in [2.45, 2.75) is 13.8 Å². The van der Waals surface area contributed by atoms with Gasteiger partial charge in [0.1, 0.15) is 0 Å². The summed E-state index contributed by atoms with van der Waals surface area (Å²) >= 11 is 0. The van der Waals surface area contributed by atoms with Crippen LogP contribution in [0.2, 0.25) is 0 Å². The summed E-state index contributed by atoms with van der Waals surface area (Å²) in [6.45, 7) is 4.97. The molecule has 0 aromatic heterocycles. The van der Waals surface area contributed by atoms with Gasteiger partial charge in [-0.1, -0.05) is 0 Å². The molecule has 1 aromatic rings. The van der Waals surface area contributed by atoms with E-state index in [1.54, 1.807) is 18.2 Å². The molecule has 0 atom stereocenters. The van der Waals surface area contributed by atoms with Gasteiger partial charge in [-0.15, -0.1) is 0 Å². The standard InChI is InChI=1S/C11H17N3O2/c1-3-15-9-6-5-8(14-11(12)13)7-10(9)16-4-2/h5-7H,3-4H2,1-2H3,(H4,12,13,14). The molecule has 0 aliphatic rings. The number of aliphatic imine (C=N–C) groups is 1. The summed E-state index contributed by atoms with van der Waals surface area (Å²) in [6.07, 6.45) is 0. The van der Waals surface area contributed by atoms with Crippen LogP contribution in [-0.2, 0) is 0 Å². The maximum atomic E-state index is 5.44. The van der Waals surface area contributed by atoms with Crippen LogP contribution in [0.15, 0.2) is 23.2 Å². The van der Waals surface area contributed by atoms with E-state index in [0.29, 0.717) is 30.4 Å². The van der Waals surface area contributed by atoms with Gasteiger partial charge in [-0.05, 0) is 26.0 Å². The predicted octanol–water partition coefficient (Wildman–Crippen LogP) is 1.39. The van der Waals surface area contributed by atoms with Crippen molar-refractivity contribution >= 4 is 11.6 Å². The van der Waals surface area contributed by atoms with Gasteiger partial charge in [0, 0.05) is 6.07 Å². The van der Waals surface area contributed by atoms with Crippen LogP contribution in [0.4, 0.5) is 5.69 Å². The first kappa shape index (κ1) is 12.2. The molecule has 0 aliphatic carbocycles. The van der Waals surface area contributed by atoms with Crippen LogP contribution in [0.25, 0.3) is 0 Å². The van der Waals surface area contributed by atoms with Crippen molar-refractivity contribution in [1.29, 1.82) is 0 Å². The van der Waals surface area contributed by atoms with Gasteiger partial charge in [0.2, 0.25) is 0 Å². The lowest BCUT2D eigenvalue weighted by Gasteiger charge is -2.10. The number of nitrogens with two attached hydrogens (primary N) is 2. The molecule has 0 heterocycles. The van der Waals surface area contributed by atoms with Crippen molar-refractivity contribution in [3.8, 4) is 11.5 Å². The highest BCUT2D eigenvalue weighted by molar-refractivity contribution is 5.79. The third-order valence-corrected chi connectivity index (χ3v) is 1.79. The van der Waals surface area contributed by atoms with Crippen LogP contribution in [0, 0.1) is 0 Å². The Morgan fingerprint density at radius 3 is 2.31 bits per heavy atom. The Kier molecular flexibility index (Phi) is 4.44. The quantitative estimate of drug-likeness (QED) is 0.583. The van der Waals surface area contributed by atoms with Gasteiger partial charge in [0.25, 0.3) is 0 Å². The summed E-state index contributed by atoms with van der Waals surface area (Å²) in [7, 11) is 0. The van der Waals surface area contributed by atoms with Crippen molar-refractivity contribution in [3.05, 3.63) is 18.2 Å². The van der Waals surface area contributed by atoms with E-state index in [-0.39, 0.29) is 5.96 Å². The van der Waals surface area contributed by atoms with E-state index < -0.39 is 0 Å².